The number of hydrogen-bond acceptors (Lipinski definition) is 3. The van der Waals surface area contributed by atoms with Gasteiger partial charge in [0.1, 0.15) is 0 Å². The SMILES string of the molecule is CCc1ccc(CC(CN)(CO)c2ccccc2)s1. The second kappa shape index (κ2) is 6.33. The first-order valence-corrected chi connectivity index (χ1v) is 7.50. The number of benzene rings is 1. The fourth-order valence-corrected chi connectivity index (χ4v) is 3.44. The van der Waals surface area contributed by atoms with Crippen molar-refractivity contribution in [3.63, 3.8) is 0 Å². The zero-order chi connectivity index (χ0) is 13.7. The lowest BCUT2D eigenvalue weighted by Gasteiger charge is -2.30. The molecule has 1 aromatic heterocycles. The molecule has 102 valence electrons. The number of hydrogen-bond donors (Lipinski definition) is 2. The van der Waals surface area contributed by atoms with Gasteiger partial charge >= 0.3 is 0 Å². The highest BCUT2D eigenvalue weighted by Crippen LogP contribution is 2.30. The Morgan fingerprint density at radius 1 is 1.11 bits per heavy atom. The molecular weight excluding hydrogens is 254 g/mol. The fourth-order valence-electron chi connectivity index (χ4n) is 2.34. The van der Waals surface area contributed by atoms with Crippen molar-refractivity contribution < 1.29 is 5.11 Å². The first kappa shape index (κ1) is 14.3. The van der Waals surface area contributed by atoms with Crippen molar-refractivity contribution in [3.05, 3.63) is 57.8 Å². The molecule has 0 bridgehead atoms. The number of thiophene rings is 1. The number of aliphatic hydroxyl groups is 1. The van der Waals surface area contributed by atoms with Gasteiger partial charge in [0.2, 0.25) is 0 Å². The molecule has 2 rings (SSSR count). The van der Waals surface area contributed by atoms with Gasteiger partial charge in [0.25, 0.3) is 0 Å². The van der Waals surface area contributed by atoms with E-state index < -0.39 is 0 Å². The van der Waals surface area contributed by atoms with Crippen LogP contribution >= 0.6 is 11.3 Å². The molecular formula is C16H21NOS. The van der Waals surface area contributed by atoms with Gasteiger partial charge in [0, 0.05) is 21.7 Å². The van der Waals surface area contributed by atoms with Gasteiger partial charge in [0.15, 0.2) is 0 Å². The minimum atomic E-state index is -0.364. The van der Waals surface area contributed by atoms with E-state index in [4.69, 9.17) is 5.73 Å². The third kappa shape index (κ3) is 3.06. The standard InChI is InChI=1S/C16H21NOS/c1-2-14-8-9-15(19-14)10-16(11-17,12-18)13-6-4-3-5-7-13/h3-9,18H,2,10-12,17H2,1H3. The molecule has 0 radical (unpaired) electrons. The van der Waals surface area contributed by atoms with E-state index in [0.29, 0.717) is 6.54 Å². The summed E-state index contributed by atoms with van der Waals surface area (Å²) in [5, 5.41) is 9.88. The lowest BCUT2D eigenvalue weighted by Crippen LogP contribution is -2.40. The summed E-state index contributed by atoms with van der Waals surface area (Å²) in [4.78, 5) is 2.67. The molecule has 1 atom stereocenters. The summed E-state index contributed by atoms with van der Waals surface area (Å²) in [6.07, 6.45) is 1.86. The van der Waals surface area contributed by atoms with Crippen LogP contribution in [0.3, 0.4) is 0 Å². The van der Waals surface area contributed by atoms with Crippen LogP contribution in [-0.2, 0) is 18.3 Å². The fraction of sp³-hybridized carbons (Fsp3) is 0.375. The minimum Gasteiger partial charge on any atom is -0.395 e. The van der Waals surface area contributed by atoms with Crippen LogP contribution in [-0.4, -0.2) is 18.3 Å². The van der Waals surface area contributed by atoms with Crippen LogP contribution in [0.2, 0.25) is 0 Å². The van der Waals surface area contributed by atoms with Crippen molar-refractivity contribution in [1.82, 2.24) is 0 Å². The normalized spacial score (nSPS) is 14.3. The van der Waals surface area contributed by atoms with E-state index in [-0.39, 0.29) is 12.0 Å². The van der Waals surface area contributed by atoms with Crippen molar-refractivity contribution in [2.75, 3.05) is 13.2 Å². The van der Waals surface area contributed by atoms with E-state index in [1.165, 1.54) is 9.75 Å². The Kier molecular flexibility index (Phi) is 4.75. The van der Waals surface area contributed by atoms with Crippen molar-refractivity contribution in [2.24, 2.45) is 5.73 Å². The van der Waals surface area contributed by atoms with Gasteiger partial charge < -0.3 is 10.8 Å². The van der Waals surface area contributed by atoms with E-state index in [2.05, 4.69) is 31.2 Å². The number of aliphatic hydroxyl groups excluding tert-OH is 1. The largest absolute Gasteiger partial charge is 0.395 e. The minimum absolute atomic E-state index is 0.0763. The summed E-state index contributed by atoms with van der Waals surface area (Å²) < 4.78 is 0. The van der Waals surface area contributed by atoms with Crippen molar-refractivity contribution >= 4 is 11.3 Å². The Morgan fingerprint density at radius 2 is 1.79 bits per heavy atom. The highest BCUT2D eigenvalue weighted by molar-refractivity contribution is 7.12. The molecule has 3 heteroatoms. The molecule has 0 amide bonds. The molecule has 1 unspecified atom stereocenters. The van der Waals surface area contributed by atoms with Crippen molar-refractivity contribution in [3.8, 4) is 0 Å². The predicted octanol–water partition coefficient (Wildman–Crippen LogP) is 2.74. The molecule has 0 aliphatic carbocycles. The van der Waals surface area contributed by atoms with Gasteiger partial charge in [0.05, 0.1) is 6.61 Å². The second-order valence-corrected chi connectivity index (χ2v) is 6.16. The number of nitrogens with two attached hydrogens (primary N) is 1. The first-order valence-electron chi connectivity index (χ1n) is 6.68. The van der Waals surface area contributed by atoms with Crippen molar-refractivity contribution in [2.45, 2.75) is 25.2 Å². The molecule has 0 saturated heterocycles. The average Bonchev–Trinajstić information content (AvgIpc) is 2.93. The maximum Gasteiger partial charge on any atom is 0.0543 e. The van der Waals surface area contributed by atoms with Crippen LogP contribution in [0.15, 0.2) is 42.5 Å². The van der Waals surface area contributed by atoms with Crippen LogP contribution in [0.1, 0.15) is 22.2 Å². The van der Waals surface area contributed by atoms with Gasteiger partial charge in [-0.1, -0.05) is 37.3 Å². The highest BCUT2D eigenvalue weighted by atomic mass is 32.1. The molecule has 2 aromatic rings. The third-order valence-electron chi connectivity index (χ3n) is 3.66. The van der Waals surface area contributed by atoms with Crippen LogP contribution in [0.4, 0.5) is 0 Å². The smallest absolute Gasteiger partial charge is 0.0543 e. The molecule has 0 aliphatic heterocycles. The van der Waals surface area contributed by atoms with E-state index >= 15 is 0 Å². The summed E-state index contributed by atoms with van der Waals surface area (Å²) in [6, 6.07) is 14.4. The summed E-state index contributed by atoms with van der Waals surface area (Å²) in [7, 11) is 0. The molecule has 1 heterocycles. The summed E-state index contributed by atoms with van der Waals surface area (Å²) in [5.41, 5.74) is 6.74. The molecule has 1 aromatic carbocycles. The maximum atomic E-state index is 9.88. The Hall–Kier alpha value is -1.16. The zero-order valence-electron chi connectivity index (χ0n) is 11.3. The average molecular weight is 275 g/mol. The molecule has 0 fully saturated rings. The van der Waals surface area contributed by atoms with E-state index in [9.17, 15) is 5.11 Å². The molecule has 2 nitrogen and oxygen atoms in total. The lowest BCUT2D eigenvalue weighted by atomic mass is 9.78. The van der Waals surface area contributed by atoms with E-state index in [1.807, 2.05) is 29.5 Å². The Balaban J connectivity index is 2.29. The number of rotatable bonds is 6. The van der Waals surface area contributed by atoms with Crippen LogP contribution in [0.25, 0.3) is 0 Å². The van der Waals surface area contributed by atoms with Gasteiger partial charge in [-0.15, -0.1) is 11.3 Å². The first-order chi connectivity index (χ1) is 9.24. The predicted molar refractivity (Wildman–Crippen MR) is 81.7 cm³/mol. The Labute approximate surface area is 118 Å². The van der Waals surface area contributed by atoms with Gasteiger partial charge in [-0.25, -0.2) is 0 Å². The Bertz CT molecular complexity index is 502. The number of aryl methyl sites for hydroxylation is 1. The summed E-state index contributed by atoms with van der Waals surface area (Å²) in [6.45, 7) is 2.69. The maximum absolute atomic E-state index is 9.88. The second-order valence-electron chi connectivity index (χ2n) is 4.91. The highest BCUT2D eigenvalue weighted by Gasteiger charge is 2.30. The monoisotopic (exact) mass is 275 g/mol. The third-order valence-corrected chi connectivity index (χ3v) is 4.89. The van der Waals surface area contributed by atoms with E-state index in [1.54, 1.807) is 0 Å². The van der Waals surface area contributed by atoms with Gasteiger partial charge in [-0.2, -0.15) is 0 Å². The molecule has 0 saturated carbocycles. The Morgan fingerprint density at radius 3 is 2.32 bits per heavy atom. The van der Waals surface area contributed by atoms with E-state index in [0.717, 1.165) is 18.4 Å². The van der Waals surface area contributed by atoms with Crippen LogP contribution in [0.5, 0.6) is 0 Å². The van der Waals surface area contributed by atoms with Crippen molar-refractivity contribution in [1.29, 1.82) is 0 Å². The summed E-state index contributed by atoms with van der Waals surface area (Å²) in [5.74, 6) is 0. The van der Waals surface area contributed by atoms with Crippen LogP contribution < -0.4 is 5.73 Å². The molecule has 0 spiro atoms. The zero-order valence-corrected chi connectivity index (χ0v) is 12.1. The molecule has 3 N–H and O–H groups in total. The van der Waals surface area contributed by atoms with Crippen LogP contribution in [0, 0.1) is 0 Å². The van der Waals surface area contributed by atoms with Gasteiger partial charge in [-0.05, 0) is 30.5 Å². The lowest BCUT2D eigenvalue weighted by molar-refractivity contribution is 0.197. The summed E-state index contributed by atoms with van der Waals surface area (Å²) >= 11 is 1.82. The van der Waals surface area contributed by atoms with Gasteiger partial charge in [-0.3, -0.25) is 0 Å². The quantitative estimate of drug-likeness (QED) is 0.851. The molecule has 19 heavy (non-hydrogen) atoms. The molecule has 0 aliphatic rings. The topological polar surface area (TPSA) is 46.2 Å².